The third-order valence-corrected chi connectivity index (χ3v) is 13.0. The van der Waals surface area contributed by atoms with Gasteiger partial charge in [0.2, 0.25) is 0 Å². The lowest BCUT2D eigenvalue weighted by Crippen LogP contribution is -1.94. The van der Waals surface area contributed by atoms with Gasteiger partial charge in [-0.1, -0.05) is 192 Å². The maximum absolute atomic E-state index is 2.46. The maximum atomic E-state index is 2.46. The van der Waals surface area contributed by atoms with Gasteiger partial charge in [0.1, 0.15) is 0 Å². The molecular weight excluding hydrogens is 697 g/mol. The summed E-state index contributed by atoms with van der Waals surface area (Å²) >= 11 is 0. The number of aryl methyl sites for hydroxylation is 4. The molecule has 2 aliphatic carbocycles. The van der Waals surface area contributed by atoms with Crippen molar-refractivity contribution in [3.8, 4) is 89.0 Å². The molecule has 0 nitrogen and oxygen atoms in total. The zero-order valence-electron chi connectivity index (χ0n) is 33.2. The molecule has 0 saturated heterocycles. The van der Waals surface area contributed by atoms with Gasteiger partial charge in [0.15, 0.2) is 0 Å². The molecule has 0 fully saturated rings. The molecule has 58 heavy (non-hydrogen) atoms. The van der Waals surface area contributed by atoms with Gasteiger partial charge < -0.3 is 0 Å². The van der Waals surface area contributed by atoms with Crippen molar-refractivity contribution in [2.75, 3.05) is 0 Å². The van der Waals surface area contributed by atoms with Crippen LogP contribution < -0.4 is 0 Å². The molecule has 0 heteroatoms. The van der Waals surface area contributed by atoms with Crippen molar-refractivity contribution in [2.45, 2.75) is 27.7 Å². The van der Waals surface area contributed by atoms with E-state index in [0.29, 0.717) is 0 Å². The molecule has 0 atom stereocenters. The fourth-order valence-electron chi connectivity index (χ4n) is 10.4. The molecular formula is C58H40. The lowest BCUT2D eigenvalue weighted by Gasteiger charge is -2.21. The van der Waals surface area contributed by atoms with Crippen LogP contribution >= 0.6 is 0 Å². The smallest absolute Gasteiger partial charge is 0.000740 e. The lowest BCUT2D eigenvalue weighted by molar-refractivity contribution is 1.47. The van der Waals surface area contributed by atoms with E-state index in [0.717, 1.165) is 0 Å². The first-order valence-corrected chi connectivity index (χ1v) is 20.5. The minimum atomic E-state index is 1.26. The summed E-state index contributed by atoms with van der Waals surface area (Å²) in [4.78, 5) is 0. The van der Waals surface area contributed by atoms with Crippen LogP contribution in [0.15, 0.2) is 170 Å². The van der Waals surface area contributed by atoms with Crippen molar-refractivity contribution in [2.24, 2.45) is 0 Å². The number of hydrogen-bond acceptors (Lipinski definition) is 0. The second-order valence-corrected chi connectivity index (χ2v) is 16.6. The van der Waals surface area contributed by atoms with Crippen LogP contribution in [0.4, 0.5) is 0 Å². The van der Waals surface area contributed by atoms with Gasteiger partial charge in [0.05, 0.1) is 0 Å². The number of benzene rings is 10. The molecule has 0 saturated carbocycles. The van der Waals surface area contributed by atoms with E-state index in [4.69, 9.17) is 0 Å². The fraction of sp³-hybridized carbons (Fsp3) is 0.0690. The van der Waals surface area contributed by atoms with Crippen LogP contribution in [0.2, 0.25) is 0 Å². The highest BCUT2D eigenvalue weighted by Crippen LogP contribution is 2.64. The largest absolute Gasteiger partial charge is 0.0616 e. The van der Waals surface area contributed by atoms with Gasteiger partial charge >= 0.3 is 0 Å². The number of fused-ring (bicyclic) bond motifs is 8. The summed E-state index contributed by atoms with van der Waals surface area (Å²) in [6, 6.07) is 64.7. The van der Waals surface area contributed by atoms with Crippen LogP contribution in [0.25, 0.3) is 121 Å². The topological polar surface area (TPSA) is 0 Å². The van der Waals surface area contributed by atoms with Crippen molar-refractivity contribution in [1.82, 2.24) is 0 Å². The van der Waals surface area contributed by atoms with Crippen molar-refractivity contribution in [1.29, 1.82) is 0 Å². The first-order chi connectivity index (χ1) is 28.4. The summed E-state index contributed by atoms with van der Waals surface area (Å²) in [5, 5.41) is 7.90. The van der Waals surface area contributed by atoms with Crippen LogP contribution in [0.1, 0.15) is 22.3 Å². The van der Waals surface area contributed by atoms with Crippen molar-refractivity contribution in [3.05, 3.63) is 192 Å². The molecule has 272 valence electrons. The molecule has 10 aromatic carbocycles. The summed E-state index contributed by atoms with van der Waals surface area (Å²) in [7, 11) is 0. The monoisotopic (exact) mass is 736 g/mol. The second-order valence-electron chi connectivity index (χ2n) is 16.6. The van der Waals surface area contributed by atoms with Crippen LogP contribution in [0.3, 0.4) is 0 Å². The van der Waals surface area contributed by atoms with Crippen LogP contribution in [0.5, 0.6) is 0 Å². The lowest BCUT2D eigenvalue weighted by atomic mass is 9.81. The van der Waals surface area contributed by atoms with Crippen LogP contribution in [-0.2, 0) is 0 Å². The highest BCUT2D eigenvalue weighted by atomic mass is 14.4. The Morgan fingerprint density at radius 2 is 0.414 bits per heavy atom. The molecule has 0 spiro atoms. The molecule has 0 aromatic heterocycles. The van der Waals surface area contributed by atoms with E-state index >= 15 is 0 Å². The minimum Gasteiger partial charge on any atom is -0.0616 e. The molecule has 0 unspecified atom stereocenters. The molecule has 0 amide bonds. The molecule has 0 bridgehead atoms. The van der Waals surface area contributed by atoms with E-state index in [9.17, 15) is 0 Å². The van der Waals surface area contributed by atoms with E-state index < -0.39 is 0 Å². The summed E-state index contributed by atoms with van der Waals surface area (Å²) in [6.45, 7) is 8.72. The van der Waals surface area contributed by atoms with Crippen molar-refractivity contribution < 1.29 is 0 Å². The zero-order valence-corrected chi connectivity index (χ0v) is 33.2. The predicted molar refractivity (Wildman–Crippen MR) is 249 cm³/mol. The van der Waals surface area contributed by atoms with Gasteiger partial charge in [-0.25, -0.2) is 0 Å². The summed E-state index contributed by atoms with van der Waals surface area (Å²) in [5.74, 6) is 0. The Labute approximate surface area is 339 Å². The van der Waals surface area contributed by atoms with Crippen LogP contribution in [-0.4, -0.2) is 0 Å². The average Bonchev–Trinajstić information content (AvgIpc) is 3.76. The van der Waals surface area contributed by atoms with Gasteiger partial charge in [0, 0.05) is 0 Å². The van der Waals surface area contributed by atoms with Gasteiger partial charge in [-0.15, -0.1) is 0 Å². The SMILES string of the molecule is Cc1ccc(-c2c3c(c(-c4ccc(C)cc4)c4ccccc24)-c2ccc4c5c(ccc-3c25)-c2c-4c(-c3ccc(C)cc3)c3ccccc3c2-c2ccc(C)cc2)cc1. The Balaban J connectivity index is 1.26. The summed E-state index contributed by atoms with van der Waals surface area (Å²) in [5.41, 5.74) is 26.0. The minimum absolute atomic E-state index is 1.26. The maximum Gasteiger partial charge on any atom is -0.000740 e. The first kappa shape index (κ1) is 33.2. The number of rotatable bonds is 4. The van der Waals surface area contributed by atoms with Crippen molar-refractivity contribution in [3.63, 3.8) is 0 Å². The van der Waals surface area contributed by atoms with Gasteiger partial charge in [-0.05, 0) is 149 Å². The van der Waals surface area contributed by atoms with E-state index in [1.165, 1.54) is 144 Å². The summed E-state index contributed by atoms with van der Waals surface area (Å²) < 4.78 is 0. The van der Waals surface area contributed by atoms with E-state index in [1.807, 2.05) is 0 Å². The molecule has 10 aromatic rings. The molecule has 0 aliphatic heterocycles. The normalized spacial score (nSPS) is 12.1. The highest BCUT2D eigenvalue weighted by Gasteiger charge is 2.37. The fourth-order valence-corrected chi connectivity index (χ4v) is 10.4. The van der Waals surface area contributed by atoms with Gasteiger partial charge in [-0.3, -0.25) is 0 Å². The van der Waals surface area contributed by atoms with Crippen LogP contribution in [0, 0.1) is 27.7 Å². The summed E-state index contributed by atoms with van der Waals surface area (Å²) in [6.07, 6.45) is 0. The Hall–Kier alpha value is -7.02. The molecule has 12 rings (SSSR count). The standard InChI is InChI=1S/C58H40/c1-33-13-21-37(22-14-33)49-41-9-5-6-10-42(41)50(38-23-15-34(2)16-24-38)56-46-31-32-48-54-47(30-29-45(53(46)54)55(49)56)57-51(39-25-17-35(3)18-26-39)43-11-7-8-12-44(43)52(58(48)57)40-27-19-36(4)20-28-40/h5-32H,1-4H3. The van der Waals surface area contributed by atoms with E-state index in [-0.39, 0.29) is 0 Å². The molecule has 0 heterocycles. The third kappa shape index (κ3) is 4.58. The predicted octanol–water partition coefficient (Wildman–Crippen LogP) is 16.3. The Kier molecular flexibility index (Phi) is 7.00. The highest BCUT2D eigenvalue weighted by molar-refractivity contribution is 6.35. The zero-order chi connectivity index (χ0) is 38.8. The Bertz CT molecular complexity index is 2910. The van der Waals surface area contributed by atoms with Gasteiger partial charge in [0.25, 0.3) is 0 Å². The van der Waals surface area contributed by atoms with E-state index in [2.05, 4.69) is 198 Å². The quantitative estimate of drug-likeness (QED) is 0.169. The average molecular weight is 737 g/mol. The third-order valence-electron chi connectivity index (χ3n) is 13.0. The molecule has 0 N–H and O–H groups in total. The van der Waals surface area contributed by atoms with Gasteiger partial charge in [-0.2, -0.15) is 0 Å². The van der Waals surface area contributed by atoms with E-state index in [1.54, 1.807) is 0 Å². The molecule has 2 aliphatic rings. The molecule has 0 radical (unpaired) electrons. The second kappa shape index (κ2) is 12.2. The number of hydrogen-bond donors (Lipinski definition) is 0. The Morgan fingerprint density at radius 1 is 0.207 bits per heavy atom. The Morgan fingerprint density at radius 3 is 0.621 bits per heavy atom. The first-order valence-electron chi connectivity index (χ1n) is 20.5. The van der Waals surface area contributed by atoms with Crippen molar-refractivity contribution >= 4 is 32.3 Å².